The molecule has 2 nitrogen and oxygen atoms in total. The molecule has 0 bridgehead atoms. The average Bonchev–Trinajstić information content (AvgIpc) is 1.81. The molecule has 0 aromatic rings. The van der Waals surface area contributed by atoms with Crippen molar-refractivity contribution in [1.82, 2.24) is 3.94 Å². The van der Waals surface area contributed by atoms with Gasteiger partial charge in [-0.2, -0.15) is 3.94 Å². The van der Waals surface area contributed by atoms with Gasteiger partial charge in [-0.1, -0.05) is 23.2 Å². The largest absolute Gasteiger partial charge is 0.210 e. The molecule has 0 saturated carbocycles. The third kappa shape index (κ3) is 8.25. The molecule has 11 heavy (non-hydrogen) atoms. The quantitative estimate of drug-likeness (QED) is 0.260. The Labute approximate surface area is 107 Å². The van der Waals surface area contributed by atoms with E-state index in [0.717, 1.165) is 11.8 Å². The molecule has 0 unspecified atom stereocenters. The van der Waals surface area contributed by atoms with Crippen LogP contribution in [0.25, 0.3) is 0 Å². The van der Waals surface area contributed by atoms with Gasteiger partial charge in [0.2, 0.25) is 5.17 Å². The summed E-state index contributed by atoms with van der Waals surface area (Å²) >= 11 is 27.1. The zero-order valence-electron chi connectivity index (χ0n) is 4.60. The van der Waals surface area contributed by atoms with Gasteiger partial charge in [0.1, 0.15) is 0 Å². The first kappa shape index (κ1) is 15.4. The van der Waals surface area contributed by atoms with Crippen LogP contribution in [0.15, 0.2) is 4.51 Å². The molecular formula is C2HCl5IrN2S. The Morgan fingerprint density at radius 1 is 1.36 bits per heavy atom. The van der Waals surface area contributed by atoms with E-state index in [1.165, 1.54) is 0 Å². The fourth-order valence-electron chi connectivity index (χ4n) is 0.168. The summed E-state index contributed by atoms with van der Waals surface area (Å²) in [6.07, 6.45) is 0. The fourth-order valence-corrected chi connectivity index (χ4v) is 1.51. The van der Waals surface area contributed by atoms with Gasteiger partial charge < -0.3 is 0 Å². The Hall–Kier alpha value is 1.92. The number of hydrogen-bond donors (Lipinski definition) is 0. The van der Waals surface area contributed by atoms with Crippen molar-refractivity contribution in [2.45, 2.75) is 4.17 Å². The maximum atomic E-state index is 5.34. The molecule has 0 aliphatic rings. The van der Waals surface area contributed by atoms with Crippen molar-refractivity contribution < 1.29 is 20.1 Å². The third-order valence-corrected chi connectivity index (χ3v) is 2.39. The van der Waals surface area contributed by atoms with Gasteiger partial charge in [-0.05, 0) is 11.8 Å². The van der Waals surface area contributed by atoms with Gasteiger partial charge in [-0.25, -0.2) is 0 Å². The van der Waals surface area contributed by atoms with E-state index in [2.05, 4.69) is 4.51 Å². The molecule has 69 valence electrons. The predicted molar refractivity (Wildman–Crippen MR) is 49.9 cm³/mol. The SMILES string of the molecule is ClN=C(SC(Cl)Cl)N(Cl)Cl.[Ir]. The maximum absolute atomic E-state index is 5.34. The smallest absolute Gasteiger partial charge is 0.167 e. The summed E-state index contributed by atoms with van der Waals surface area (Å²) in [5, 5.41) is 0.125. The van der Waals surface area contributed by atoms with Crippen LogP contribution < -0.4 is 0 Å². The Kier molecular flexibility index (Phi) is 11.9. The maximum Gasteiger partial charge on any atom is 0.210 e. The van der Waals surface area contributed by atoms with Gasteiger partial charge in [-0.3, -0.25) is 0 Å². The summed E-state index contributed by atoms with van der Waals surface area (Å²) in [4.78, 5) is 0. The van der Waals surface area contributed by atoms with E-state index in [-0.39, 0.29) is 25.3 Å². The van der Waals surface area contributed by atoms with E-state index < -0.39 is 4.17 Å². The summed E-state index contributed by atoms with van der Waals surface area (Å²) in [6, 6.07) is 0. The Balaban J connectivity index is 0. The molecule has 0 amide bonds. The van der Waals surface area contributed by atoms with E-state index in [1.54, 1.807) is 0 Å². The van der Waals surface area contributed by atoms with Gasteiger partial charge in [0, 0.05) is 55.4 Å². The second-order valence-corrected chi connectivity index (χ2v) is 4.68. The minimum Gasteiger partial charge on any atom is -0.167 e. The fraction of sp³-hybridized carbons (Fsp3) is 0.500. The van der Waals surface area contributed by atoms with Crippen molar-refractivity contribution in [1.29, 1.82) is 0 Å². The molecule has 0 spiro atoms. The van der Waals surface area contributed by atoms with Gasteiger partial charge in [0.05, 0.1) is 0 Å². The van der Waals surface area contributed by atoms with Crippen molar-refractivity contribution >= 4 is 75.5 Å². The molecular weight excluding hydrogens is 454 g/mol. The number of rotatable bonds is 1. The molecule has 1 radical (unpaired) electrons. The topological polar surface area (TPSA) is 15.6 Å². The molecule has 0 rings (SSSR count). The summed E-state index contributed by atoms with van der Waals surface area (Å²) in [5.74, 6) is 0. The van der Waals surface area contributed by atoms with Gasteiger partial charge in [0.15, 0.2) is 4.17 Å². The number of thioether (sulfide) groups is 1. The predicted octanol–water partition coefficient (Wildman–Crippen LogP) is 3.60. The van der Waals surface area contributed by atoms with Crippen LogP contribution in [0.5, 0.6) is 0 Å². The first-order chi connectivity index (χ1) is 4.57. The van der Waals surface area contributed by atoms with Crippen molar-refractivity contribution in [3.8, 4) is 0 Å². The third-order valence-electron chi connectivity index (χ3n) is 0.411. The van der Waals surface area contributed by atoms with Crippen molar-refractivity contribution in [3.63, 3.8) is 0 Å². The van der Waals surface area contributed by atoms with Crippen LogP contribution in [0.2, 0.25) is 0 Å². The van der Waals surface area contributed by atoms with E-state index in [1.807, 2.05) is 0 Å². The van der Waals surface area contributed by atoms with Crippen LogP contribution in [0.3, 0.4) is 0 Å². The molecule has 9 heteroatoms. The van der Waals surface area contributed by atoms with E-state index >= 15 is 0 Å². The minimum absolute atomic E-state index is 0. The molecule has 0 N–H and O–H groups in total. The van der Waals surface area contributed by atoms with Crippen LogP contribution >= 0.6 is 70.3 Å². The number of alkyl halides is 2. The standard InChI is InChI=1S/C2HCl5N2S.Ir/c3-1(4)10-2(8-5)9(6)7;/h1H;. The Morgan fingerprint density at radius 2 is 1.82 bits per heavy atom. The first-order valence-corrected chi connectivity index (χ1v) is 4.60. The number of hydrogen-bond acceptors (Lipinski definition) is 2. The Bertz CT molecular complexity index is 130. The molecule has 0 fully saturated rings. The molecule has 0 aromatic heterocycles. The number of halogens is 5. The average molecular weight is 455 g/mol. The van der Waals surface area contributed by atoms with E-state index in [4.69, 9.17) is 58.5 Å². The van der Waals surface area contributed by atoms with E-state index in [0.29, 0.717) is 3.94 Å². The number of nitrogens with zero attached hydrogens (tertiary/aromatic N) is 2. The molecule has 0 aliphatic carbocycles. The van der Waals surface area contributed by atoms with Crippen molar-refractivity contribution in [2.24, 2.45) is 4.51 Å². The van der Waals surface area contributed by atoms with Gasteiger partial charge >= 0.3 is 0 Å². The molecule has 0 aromatic carbocycles. The summed E-state index contributed by atoms with van der Waals surface area (Å²) in [7, 11) is 0. The zero-order chi connectivity index (χ0) is 8.15. The Morgan fingerprint density at radius 3 is 1.91 bits per heavy atom. The molecule has 0 aliphatic heterocycles. The van der Waals surface area contributed by atoms with Crippen LogP contribution in [0.1, 0.15) is 0 Å². The summed E-state index contributed by atoms with van der Waals surface area (Å²) in [5.41, 5.74) is 0. The van der Waals surface area contributed by atoms with Crippen LogP contribution in [-0.2, 0) is 20.1 Å². The van der Waals surface area contributed by atoms with Crippen molar-refractivity contribution in [2.75, 3.05) is 0 Å². The molecule has 0 heterocycles. The summed E-state index contributed by atoms with van der Waals surface area (Å²) < 4.78 is 3.15. The van der Waals surface area contributed by atoms with E-state index in [9.17, 15) is 0 Å². The van der Waals surface area contributed by atoms with Crippen LogP contribution in [0.4, 0.5) is 0 Å². The second kappa shape index (κ2) is 8.51. The minimum atomic E-state index is -0.697. The molecule has 0 saturated heterocycles. The first-order valence-electron chi connectivity index (χ1n) is 1.83. The van der Waals surface area contributed by atoms with Crippen LogP contribution in [-0.4, -0.2) is 13.3 Å². The monoisotopic (exact) mass is 453 g/mol. The molecule has 0 atom stereocenters. The second-order valence-electron chi connectivity index (χ2n) is 0.979. The normalized spacial score (nSPS) is 11.3. The van der Waals surface area contributed by atoms with Crippen molar-refractivity contribution in [3.05, 3.63) is 0 Å². The van der Waals surface area contributed by atoms with Gasteiger partial charge in [-0.15, -0.1) is 4.51 Å². The zero-order valence-corrected chi connectivity index (χ0v) is 11.6. The number of amidine groups is 1. The van der Waals surface area contributed by atoms with Gasteiger partial charge in [0.25, 0.3) is 0 Å². The summed E-state index contributed by atoms with van der Waals surface area (Å²) in [6.45, 7) is 0. The van der Waals surface area contributed by atoms with Crippen LogP contribution in [0, 0.1) is 0 Å².